The van der Waals surface area contributed by atoms with Crippen LogP contribution in [0.4, 0.5) is 0 Å². The van der Waals surface area contributed by atoms with Gasteiger partial charge in [0.1, 0.15) is 0 Å². The summed E-state index contributed by atoms with van der Waals surface area (Å²) in [5.41, 5.74) is -0.735. The van der Waals surface area contributed by atoms with Gasteiger partial charge in [-0.05, 0) is 26.8 Å². The normalized spacial score (nSPS) is 23.7. The molecule has 0 aromatic carbocycles. The van der Waals surface area contributed by atoms with Crippen LogP contribution in [0.15, 0.2) is 0 Å². The summed E-state index contributed by atoms with van der Waals surface area (Å²) in [7, 11) is -1.77. The van der Waals surface area contributed by atoms with E-state index in [0.29, 0.717) is 13.0 Å². The Morgan fingerprint density at radius 3 is 2.53 bits per heavy atom. The molecule has 0 amide bonds. The van der Waals surface area contributed by atoms with Crippen LogP contribution in [-0.2, 0) is 10.0 Å². The average molecular weight is 236 g/mol. The fourth-order valence-corrected chi connectivity index (χ4v) is 3.49. The highest BCUT2D eigenvalue weighted by Gasteiger charge is 2.38. The number of nitrogens with zero attached hydrogens (tertiary/aromatic N) is 1. The van der Waals surface area contributed by atoms with Crippen LogP contribution in [0.2, 0.25) is 0 Å². The quantitative estimate of drug-likeness (QED) is 0.682. The largest absolute Gasteiger partial charge is 0.394 e. The summed E-state index contributed by atoms with van der Waals surface area (Å²) >= 11 is 0. The van der Waals surface area contributed by atoms with E-state index in [4.69, 9.17) is 5.11 Å². The van der Waals surface area contributed by atoms with E-state index in [1.54, 1.807) is 13.8 Å². The Kier molecular flexibility index (Phi) is 3.76. The van der Waals surface area contributed by atoms with Crippen molar-refractivity contribution in [1.29, 1.82) is 0 Å². The lowest BCUT2D eigenvalue weighted by molar-refractivity contribution is 0.137. The Labute approximate surface area is 91.5 Å². The summed E-state index contributed by atoms with van der Waals surface area (Å²) in [5.74, 6) is 0. The molecular weight excluding hydrogens is 216 g/mol. The van der Waals surface area contributed by atoms with Gasteiger partial charge in [0.2, 0.25) is 10.0 Å². The van der Waals surface area contributed by atoms with Crippen LogP contribution in [0.1, 0.15) is 20.3 Å². The lowest BCUT2D eigenvalue weighted by atomic mass is 10.1. The molecule has 15 heavy (non-hydrogen) atoms. The van der Waals surface area contributed by atoms with Crippen molar-refractivity contribution in [2.45, 2.75) is 31.1 Å². The number of hydrogen-bond acceptors (Lipinski definition) is 4. The first kappa shape index (κ1) is 12.9. The van der Waals surface area contributed by atoms with Crippen LogP contribution in [-0.4, -0.2) is 55.4 Å². The van der Waals surface area contributed by atoms with Gasteiger partial charge < -0.3 is 10.4 Å². The van der Waals surface area contributed by atoms with Gasteiger partial charge in [-0.3, -0.25) is 0 Å². The summed E-state index contributed by atoms with van der Waals surface area (Å²) in [4.78, 5) is 0. The second-order valence-corrected chi connectivity index (χ2v) is 6.84. The van der Waals surface area contributed by atoms with Crippen molar-refractivity contribution >= 4 is 10.0 Å². The van der Waals surface area contributed by atoms with E-state index in [-0.39, 0.29) is 11.9 Å². The lowest BCUT2D eigenvalue weighted by Gasteiger charge is -2.34. The third-order valence-electron chi connectivity index (χ3n) is 3.06. The zero-order chi connectivity index (χ0) is 11.7. The standard InChI is InChI=1S/C9H20N2O3S/c1-9(2,7-12)11(3)15(13,14)8-4-5-10-6-8/h8,10,12H,4-7H2,1-3H3. The van der Waals surface area contributed by atoms with Gasteiger partial charge in [0.25, 0.3) is 0 Å². The van der Waals surface area contributed by atoms with Crippen molar-refractivity contribution in [2.75, 3.05) is 26.7 Å². The molecule has 2 N–H and O–H groups in total. The molecule has 6 heteroatoms. The molecule has 0 aromatic heterocycles. The molecule has 1 saturated heterocycles. The smallest absolute Gasteiger partial charge is 0.218 e. The van der Waals surface area contributed by atoms with Gasteiger partial charge in [0.05, 0.1) is 17.4 Å². The van der Waals surface area contributed by atoms with E-state index >= 15 is 0 Å². The molecule has 0 aromatic rings. The Balaban J connectivity index is 2.85. The topological polar surface area (TPSA) is 69.6 Å². The van der Waals surface area contributed by atoms with Crippen LogP contribution in [0.5, 0.6) is 0 Å². The maximum Gasteiger partial charge on any atom is 0.218 e. The highest BCUT2D eigenvalue weighted by Crippen LogP contribution is 2.21. The Hall–Kier alpha value is -0.170. The van der Waals surface area contributed by atoms with Crippen LogP contribution < -0.4 is 5.32 Å². The monoisotopic (exact) mass is 236 g/mol. The summed E-state index contributed by atoms with van der Waals surface area (Å²) in [5, 5.41) is 11.8. The molecule has 1 heterocycles. The molecule has 0 bridgehead atoms. The fourth-order valence-electron chi connectivity index (χ4n) is 1.55. The highest BCUT2D eigenvalue weighted by molar-refractivity contribution is 7.89. The number of likely N-dealkylation sites (N-methyl/N-ethyl adjacent to an activating group) is 1. The molecule has 1 unspecified atom stereocenters. The van der Waals surface area contributed by atoms with Crippen molar-refractivity contribution in [3.8, 4) is 0 Å². The van der Waals surface area contributed by atoms with Crippen LogP contribution in [0, 0.1) is 0 Å². The molecule has 0 aliphatic carbocycles. The molecule has 1 rings (SSSR count). The van der Waals surface area contributed by atoms with Gasteiger partial charge in [0.15, 0.2) is 0 Å². The minimum atomic E-state index is -3.30. The fraction of sp³-hybridized carbons (Fsp3) is 1.00. The van der Waals surface area contributed by atoms with Gasteiger partial charge in [-0.15, -0.1) is 0 Å². The number of rotatable bonds is 4. The second kappa shape index (κ2) is 4.37. The third-order valence-corrected chi connectivity index (χ3v) is 5.56. The minimum absolute atomic E-state index is 0.178. The van der Waals surface area contributed by atoms with Crippen molar-refractivity contribution in [2.24, 2.45) is 0 Å². The molecule has 1 fully saturated rings. The molecule has 0 spiro atoms. The van der Waals surface area contributed by atoms with Gasteiger partial charge in [-0.25, -0.2) is 8.42 Å². The number of nitrogens with one attached hydrogen (secondary N) is 1. The Morgan fingerprint density at radius 2 is 2.13 bits per heavy atom. The number of aliphatic hydroxyl groups excluding tert-OH is 1. The molecule has 1 atom stereocenters. The van der Waals surface area contributed by atoms with Crippen LogP contribution in [0.3, 0.4) is 0 Å². The van der Waals surface area contributed by atoms with Gasteiger partial charge in [-0.2, -0.15) is 4.31 Å². The summed E-state index contributed by atoms with van der Waals surface area (Å²) in [6.07, 6.45) is 0.647. The summed E-state index contributed by atoms with van der Waals surface area (Å²) < 4.78 is 25.5. The third kappa shape index (κ3) is 2.50. The molecular formula is C9H20N2O3S. The summed E-state index contributed by atoms with van der Waals surface area (Å²) in [6, 6.07) is 0. The molecule has 0 radical (unpaired) electrons. The number of sulfonamides is 1. The average Bonchev–Trinajstić information content (AvgIpc) is 2.69. The SMILES string of the molecule is CN(C(C)(C)CO)S(=O)(=O)C1CCNC1. The first-order valence-corrected chi connectivity index (χ1v) is 6.62. The summed E-state index contributed by atoms with van der Waals surface area (Å²) in [6.45, 7) is 4.51. The van der Waals surface area contributed by atoms with E-state index in [9.17, 15) is 8.42 Å². The van der Waals surface area contributed by atoms with E-state index in [2.05, 4.69) is 5.32 Å². The molecule has 0 saturated carbocycles. The van der Waals surface area contributed by atoms with Crippen molar-refractivity contribution in [1.82, 2.24) is 9.62 Å². The van der Waals surface area contributed by atoms with Gasteiger partial charge in [0, 0.05) is 13.6 Å². The van der Waals surface area contributed by atoms with E-state index < -0.39 is 15.6 Å². The van der Waals surface area contributed by atoms with E-state index in [1.165, 1.54) is 11.4 Å². The molecule has 5 nitrogen and oxygen atoms in total. The maximum atomic E-state index is 12.1. The highest BCUT2D eigenvalue weighted by atomic mass is 32.2. The zero-order valence-electron chi connectivity index (χ0n) is 9.52. The van der Waals surface area contributed by atoms with Gasteiger partial charge >= 0.3 is 0 Å². The van der Waals surface area contributed by atoms with Crippen molar-refractivity contribution in [3.05, 3.63) is 0 Å². The first-order chi connectivity index (χ1) is 6.82. The van der Waals surface area contributed by atoms with Gasteiger partial charge in [-0.1, -0.05) is 0 Å². The zero-order valence-corrected chi connectivity index (χ0v) is 10.3. The second-order valence-electron chi connectivity index (χ2n) is 4.60. The molecule has 1 aliphatic heterocycles. The predicted octanol–water partition coefficient (Wildman–Crippen LogP) is -0.619. The van der Waals surface area contributed by atoms with E-state index in [0.717, 1.165) is 6.54 Å². The number of aliphatic hydroxyl groups is 1. The first-order valence-electron chi connectivity index (χ1n) is 5.12. The van der Waals surface area contributed by atoms with Crippen molar-refractivity contribution < 1.29 is 13.5 Å². The Morgan fingerprint density at radius 1 is 1.53 bits per heavy atom. The number of hydrogen-bond donors (Lipinski definition) is 2. The molecule has 1 aliphatic rings. The lowest BCUT2D eigenvalue weighted by Crippen LogP contribution is -2.51. The Bertz CT molecular complexity index is 307. The predicted molar refractivity (Wildman–Crippen MR) is 59.1 cm³/mol. The minimum Gasteiger partial charge on any atom is -0.394 e. The van der Waals surface area contributed by atoms with Crippen LogP contribution in [0.25, 0.3) is 0 Å². The maximum absolute atomic E-state index is 12.1. The molecule has 90 valence electrons. The van der Waals surface area contributed by atoms with Crippen LogP contribution >= 0.6 is 0 Å². The van der Waals surface area contributed by atoms with E-state index in [1.807, 2.05) is 0 Å². The van der Waals surface area contributed by atoms with Crippen molar-refractivity contribution in [3.63, 3.8) is 0 Å².